The summed E-state index contributed by atoms with van der Waals surface area (Å²) in [5.74, 6) is -0.0132. The lowest BCUT2D eigenvalue weighted by Crippen LogP contribution is -2.12. The van der Waals surface area contributed by atoms with E-state index in [1.165, 1.54) is 11.3 Å². The maximum Gasteiger partial charge on any atom is 0.433 e. The van der Waals surface area contributed by atoms with Crippen molar-refractivity contribution in [2.75, 3.05) is 11.9 Å². The molecular weight excluding hydrogens is 309 g/mol. The topological polar surface area (TPSA) is 50.7 Å². The van der Waals surface area contributed by atoms with E-state index < -0.39 is 11.9 Å². The fourth-order valence-corrected chi connectivity index (χ4v) is 2.86. The second-order valence-electron chi connectivity index (χ2n) is 3.74. The van der Waals surface area contributed by atoms with E-state index in [4.69, 9.17) is 0 Å². The third-order valence-corrected chi connectivity index (χ3v) is 3.93. The molecule has 0 bridgehead atoms. The summed E-state index contributed by atoms with van der Waals surface area (Å²) in [7, 11) is 0. The highest BCUT2D eigenvalue weighted by molar-refractivity contribution is 8.01. The molecule has 0 fully saturated rings. The van der Waals surface area contributed by atoms with Gasteiger partial charge < -0.3 is 5.32 Å². The van der Waals surface area contributed by atoms with Gasteiger partial charge in [-0.05, 0) is 18.2 Å². The smallest absolute Gasteiger partial charge is 0.354 e. The second kappa shape index (κ2) is 6.40. The molecule has 0 saturated heterocycles. The molecule has 0 amide bonds. The van der Waals surface area contributed by atoms with Crippen LogP contribution in [0.4, 0.5) is 19.1 Å². The first-order chi connectivity index (χ1) is 9.49. The Kier molecular flexibility index (Phi) is 4.81. The van der Waals surface area contributed by atoms with Crippen LogP contribution >= 0.6 is 23.1 Å². The van der Waals surface area contributed by atoms with Crippen molar-refractivity contribution in [2.45, 2.75) is 28.9 Å². The van der Waals surface area contributed by atoms with Crippen LogP contribution in [-0.4, -0.2) is 21.5 Å². The lowest BCUT2D eigenvalue weighted by molar-refractivity contribution is -0.141. The van der Waals surface area contributed by atoms with Crippen molar-refractivity contribution in [2.24, 2.45) is 0 Å². The predicted molar refractivity (Wildman–Crippen MR) is 72.1 cm³/mol. The van der Waals surface area contributed by atoms with Crippen LogP contribution in [0.5, 0.6) is 0 Å². The third-order valence-electron chi connectivity index (χ3n) is 2.13. The molecule has 0 radical (unpaired) electrons. The molecule has 2 heterocycles. The number of hydrogen-bond acceptors (Lipinski definition) is 6. The van der Waals surface area contributed by atoms with Crippen LogP contribution in [0.2, 0.25) is 0 Å². The van der Waals surface area contributed by atoms with Crippen LogP contribution in [0, 0.1) is 0 Å². The molecule has 1 N–H and O–H groups in total. The minimum Gasteiger partial charge on any atom is -0.354 e. The number of alkyl halides is 3. The van der Waals surface area contributed by atoms with E-state index in [2.05, 4.69) is 20.3 Å². The Balaban J connectivity index is 2.29. The van der Waals surface area contributed by atoms with Gasteiger partial charge in [0.25, 0.3) is 0 Å². The summed E-state index contributed by atoms with van der Waals surface area (Å²) in [5.41, 5.74) is -0.954. The average molecular weight is 320 g/mol. The number of nitrogens with one attached hydrogen (secondary N) is 1. The molecule has 9 heteroatoms. The molecule has 0 aliphatic carbocycles. The molecule has 4 nitrogen and oxygen atoms in total. The van der Waals surface area contributed by atoms with E-state index >= 15 is 0 Å². The van der Waals surface area contributed by atoms with Gasteiger partial charge >= 0.3 is 6.18 Å². The summed E-state index contributed by atoms with van der Waals surface area (Å²) in [6.45, 7) is 2.43. The molecule has 108 valence electrons. The van der Waals surface area contributed by atoms with Gasteiger partial charge in [0.2, 0.25) is 5.95 Å². The van der Waals surface area contributed by atoms with Crippen molar-refractivity contribution in [1.82, 2.24) is 15.0 Å². The van der Waals surface area contributed by atoms with Crippen LogP contribution < -0.4 is 5.32 Å². The second-order valence-corrected chi connectivity index (χ2v) is 5.90. The molecule has 0 atom stereocenters. The first kappa shape index (κ1) is 15.0. The minimum absolute atomic E-state index is 0.0132. The maximum absolute atomic E-state index is 12.8. The molecule has 0 saturated carbocycles. The number of aromatic nitrogens is 3. The summed E-state index contributed by atoms with van der Waals surface area (Å²) in [6.07, 6.45) is -2.13. The summed E-state index contributed by atoms with van der Waals surface area (Å²) < 4.78 is 39.1. The van der Waals surface area contributed by atoms with Crippen molar-refractivity contribution < 1.29 is 13.2 Å². The Bertz CT molecular complexity index is 557. The number of halogens is 3. The highest BCUT2D eigenvalue weighted by Gasteiger charge is 2.33. The summed E-state index contributed by atoms with van der Waals surface area (Å²) >= 11 is 2.43. The summed E-state index contributed by atoms with van der Waals surface area (Å²) in [6, 6.07) is 0.934. The molecule has 0 spiro atoms. The number of anilines is 1. The van der Waals surface area contributed by atoms with Crippen molar-refractivity contribution in [3.05, 3.63) is 23.3 Å². The maximum atomic E-state index is 12.8. The van der Waals surface area contributed by atoms with Gasteiger partial charge in [-0.1, -0.05) is 6.92 Å². The molecular formula is C11H11F3N4S2. The Hall–Kier alpha value is -1.35. The van der Waals surface area contributed by atoms with Crippen LogP contribution in [-0.2, 0) is 6.18 Å². The van der Waals surface area contributed by atoms with Gasteiger partial charge in [0, 0.05) is 24.2 Å². The predicted octanol–water partition coefficient (Wildman–Crippen LogP) is 3.93. The van der Waals surface area contributed by atoms with Gasteiger partial charge in [-0.3, -0.25) is 0 Å². The van der Waals surface area contributed by atoms with Gasteiger partial charge in [0.15, 0.2) is 10.0 Å². The van der Waals surface area contributed by atoms with Gasteiger partial charge in [-0.2, -0.15) is 13.2 Å². The first-order valence-corrected chi connectivity index (χ1v) is 7.46. The molecule has 0 aromatic carbocycles. The Morgan fingerprint density at radius 2 is 2.15 bits per heavy atom. The van der Waals surface area contributed by atoms with Crippen molar-refractivity contribution in [3.63, 3.8) is 0 Å². The molecule has 2 aromatic heterocycles. The van der Waals surface area contributed by atoms with E-state index in [1.807, 2.05) is 6.92 Å². The average Bonchev–Trinajstić information content (AvgIpc) is 2.88. The molecule has 20 heavy (non-hydrogen) atoms. The Morgan fingerprint density at radius 1 is 1.35 bits per heavy atom. The van der Waals surface area contributed by atoms with E-state index in [1.54, 1.807) is 11.6 Å². The van der Waals surface area contributed by atoms with Crippen LogP contribution in [0.3, 0.4) is 0 Å². The van der Waals surface area contributed by atoms with Crippen LogP contribution in [0.15, 0.2) is 27.0 Å². The van der Waals surface area contributed by atoms with Crippen molar-refractivity contribution in [3.8, 4) is 0 Å². The minimum atomic E-state index is -4.50. The zero-order valence-corrected chi connectivity index (χ0v) is 12.1. The van der Waals surface area contributed by atoms with Gasteiger partial charge in [0.05, 0.1) is 0 Å². The number of nitrogens with zero attached hydrogens (tertiary/aromatic N) is 3. The van der Waals surface area contributed by atoms with Gasteiger partial charge in [-0.25, -0.2) is 15.0 Å². The fraction of sp³-hybridized carbons (Fsp3) is 0.364. The highest BCUT2D eigenvalue weighted by atomic mass is 32.2. The SMILES string of the molecule is CCCNc1nc(Sc2nccs2)cc(C(F)(F)F)n1. The quantitative estimate of drug-likeness (QED) is 0.846. The lowest BCUT2D eigenvalue weighted by Gasteiger charge is -2.10. The molecule has 0 aliphatic rings. The molecule has 2 aromatic rings. The number of hydrogen-bond donors (Lipinski definition) is 1. The number of thiazole rings is 1. The van der Waals surface area contributed by atoms with Crippen molar-refractivity contribution in [1.29, 1.82) is 0 Å². The molecule has 0 unspecified atom stereocenters. The molecule has 2 rings (SSSR count). The van der Waals surface area contributed by atoms with E-state index in [0.717, 1.165) is 24.2 Å². The first-order valence-electron chi connectivity index (χ1n) is 5.76. The molecule has 0 aliphatic heterocycles. The van der Waals surface area contributed by atoms with Crippen LogP contribution in [0.25, 0.3) is 0 Å². The Morgan fingerprint density at radius 3 is 2.75 bits per heavy atom. The van der Waals surface area contributed by atoms with Gasteiger partial charge in [0.1, 0.15) is 5.03 Å². The van der Waals surface area contributed by atoms with E-state index in [-0.39, 0.29) is 11.0 Å². The van der Waals surface area contributed by atoms with Crippen molar-refractivity contribution >= 4 is 29.0 Å². The van der Waals surface area contributed by atoms with E-state index in [0.29, 0.717) is 10.9 Å². The van der Waals surface area contributed by atoms with E-state index in [9.17, 15) is 13.2 Å². The normalized spacial score (nSPS) is 11.6. The van der Waals surface area contributed by atoms with Crippen LogP contribution in [0.1, 0.15) is 19.0 Å². The fourth-order valence-electron chi connectivity index (χ4n) is 1.29. The Labute approximate surface area is 121 Å². The van der Waals surface area contributed by atoms with Gasteiger partial charge in [-0.15, -0.1) is 11.3 Å². The zero-order valence-electron chi connectivity index (χ0n) is 10.4. The summed E-state index contributed by atoms with van der Waals surface area (Å²) in [5, 5.41) is 4.75. The largest absolute Gasteiger partial charge is 0.433 e. The third kappa shape index (κ3) is 4.07. The zero-order chi connectivity index (χ0) is 14.6. The highest BCUT2D eigenvalue weighted by Crippen LogP contribution is 2.33. The summed E-state index contributed by atoms with van der Waals surface area (Å²) in [4.78, 5) is 11.6. The standard InChI is InChI=1S/C11H11F3N4S2/c1-2-3-15-9-17-7(11(12,13)14)6-8(18-9)20-10-16-4-5-19-10/h4-6H,2-3H2,1H3,(H,15,17,18). The lowest BCUT2D eigenvalue weighted by atomic mass is 10.4. The monoisotopic (exact) mass is 320 g/mol. The number of rotatable bonds is 5.